The molecule has 0 aliphatic carbocycles. The Morgan fingerprint density at radius 3 is 2.55 bits per heavy atom. The van der Waals surface area contributed by atoms with Crippen LogP contribution in [0.15, 0.2) is 83.8 Å². The molecule has 1 saturated heterocycles. The van der Waals surface area contributed by atoms with Crippen molar-refractivity contribution in [2.45, 2.75) is 13.5 Å². The lowest BCUT2D eigenvalue weighted by Gasteiger charge is -2.17. The van der Waals surface area contributed by atoms with E-state index < -0.39 is 0 Å². The van der Waals surface area contributed by atoms with Crippen LogP contribution in [0.5, 0.6) is 17.2 Å². The number of ether oxygens (including phenoxy) is 3. The average Bonchev–Trinajstić information content (AvgIpc) is 3.20. The number of amides is 1. The van der Waals surface area contributed by atoms with Crippen LogP contribution < -0.4 is 19.1 Å². The predicted octanol–water partition coefficient (Wildman–Crippen LogP) is 7.84. The Kier molecular flexibility index (Phi) is 8.21. The number of para-hydroxylation sites is 2. The predicted molar refractivity (Wildman–Crippen MR) is 167 cm³/mol. The molecular formula is C30H24INO4S2. The fourth-order valence-electron chi connectivity index (χ4n) is 4.28. The molecule has 1 heterocycles. The summed E-state index contributed by atoms with van der Waals surface area (Å²) in [4.78, 5) is 15.4. The third-order valence-corrected chi connectivity index (χ3v) is 8.10. The second-order valence-electron chi connectivity index (χ2n) is 8.38. The van der Waals surface area contributed by atoms with E-state index in [1.54, 1.807) is 7.11 Å². The second kappa shape index (κ2) is 11.8. The summed E-state index contributed by atoms with van der Waals surface area (Å²) in [6, 6.07) is 25.7. The molecule has 0 N–H and O–H groups in total. The summed E-state index contributed by atoms with van der Waals surface area (Å²) >= 11 is 9.07. The molecule has 5 nitrogen and oxygen atoms in total. The number of rotatable bonds is 8. The first-order valence-corrected chi connectivity index (χ1v) is 14.3. The van der Waals surface area contributed by atoms with Crippen molar-refractivity contribution in [2.75, 3.05) is 18.6 Å². The normalized spacial score (nSPS) is 14.4. The van der Waals surface area contributed by atoms with E-state index in [1.807, 2.05) is 67.6 Å². The van der Waals surface area contributed by atoms with Crippen LogP contribution in [0, 0.1) is 3.57 Å². The van der Waals surface area contributed by atoms with Crippen molar-refractivity contribution in [1.29, 1.82) is 0 Å². The molecule has 1 amide bonds. The largest absolute Gasteiger partial charge is 0.495 e. The number of thiocarbonyl (C=S) groups is 1. The highest BCUT2D eigenvalue weighted by Gasteiger charge is 2.35. The zero-order valence-electron chi connectivity index (χ0n) is 20.8. The number of methoxy groups -OCH3 is 1. The molecule has 0 radical (unpaired) electrons. The molecule has 192 valence electrons. The zero-order valence-corrected chi connectivity index (χ0v) is 24.6. The van der Waals surface area contributed by atoms with Crippen LogP contribution in [-0.4, -0.2) is 23.9 Å². The van der Waals surface area contributed by atoms with Crippen LogP contribution in [0.2, 0.25) is 0 Å². The van der Waals surface area contributed by atoms with E-state index in [4.69, 9.17) is 26.4 Å². The highest BCUT2D eigenvalue weighted by atomic mass is 127. The molecule has 8 heteroatoms. The van der Waals surface area contributed by atoms with Crippen molar-refractivity contribution in [3.8, 4) is 17.2 Å². The first-order chi connectivity index (χ1) is 18.5. The highest BCUT2D eigenvalue weighted by molar-refractivity contribution is 14.1. The third-order valence-electron chi connectivity index (χ3n) is 6.00. The summed E-state index contributed by atoms with van der Waals surface area (Å²) in [6.07, 6.45) is 1.84. The van der Waals surface area contributed by atoms with Crippen molar-refractivity contribution in [3.63, 3.8) is 0 Å². The molecule has 38 heavy (non-hydrogen) atoms. The topological polar surface area (TPSA) is 48.0 Å². The van der Waals surface area contributed by atoms with E-state index in [2.05, 4.69) is 46.9 Å². The van der Waals surface area contributed by atoms with Gasteiger partial charge in [0.25, 0.3) is 5.91 Å². The van der Waals surface area contributed by atoms with E-state index in [9.17, 15) is 4.79 Å². The van der Waals surface area contributed by atoms with Crippen molar-refractivity contribution in [2.24, 2.45) is 0 Å². The quantitative estimate of drug-likeness (QED) is 0.110. The van der Waals surface area contributed by atoms with Gasteiger partial charge in [0.1, 0.15) is 12.4 Å². The minimum atomic E-state index is -0.186. The van der Waals surface area contributed by atoms with Crippen molar-refractivity contribution < 1.29 is 19.0 Å². The minimum Gasteiger partial charge on any atom is -0.495 e. The molecule has 0 atom stereocenters. The lowest BCUT2D eigenvalue weighted by Crippen LogP contribution is -2.27. The van der Waals surface area contributed by atoms with Crippen LogP contribution in [-0.2, 0) is 11.4 Å². The van der Waals surface area contributed by atoms with Gasteiger partial charge in [0.05, 0.1) is 27.9 Å². The van der Waals surface area contributed by atoms with Crippen molar-refractivity contribution in [1.82, 2.24) is 0 Å². The zero-order chi connectivity index (χ0) is 26.6. The van der Waals surface area contributed by atoms with Gasteiger partial charge in [0.2, 0.25) is 0 Å². The number of fused-ring (bicyclic) bond motifs is 1. The van der Waals surface area contributed by atoms with E-state index >= 15 is 0 Å². The monoisotopic (exact) mass is 653 g/mol. The standard InChI is InChI=1S/C30H24INO4S2/c1-3-35-26-16-19(17-27-29(33)32(30(37)38-27)24-13-6-7-14-25(24)34-2)15-23(31)28(26)36-18-21-11-8-10-20-9-4-5-12-22(20)21/h4-17H,3,18H2,1-2H3/b27-17+. The number of carbonyl (C=O) groups excluding carboxylic acids is 1. The molecule has 0 spiro atoms. The Labute approximate surface area is 244 Å². The Bertz CT molecular complexity index is 1560. The molecule has 4 aromatic carbocycles. The summed E-state index contributed by atoms with van der Waals surface area (Å²) in [6.45, 7) is 2.83. The number of benzene rings is 4. The number of anilines is 1. The van der Waals surface area contributed by atoms with Crippen molar-refractivity contribution in [3.05, 3.63) is 98.5 Å². The van der Waals surface area contributed by atoms with Crippen LogP contribution >= 0.6 is 46.6 Å². The molecule has 4 aromatic rings. The molecule has 0 aromatic heterocycles. The van der Waals surface area contributed by atoms with E-state index in [1.165, 1.54) is 22.0 Å². The van der Waals surface area contributed by atoms with E-state index in [0.717, 1.165) is 20.1 Å². The average molecular weight is 654 g/mol. The van der Waals surface area contributed by atoms with E-state index in [-0.39, 0.29) is 5.91 Å². The molecule has 0 unspecified atom stereocenters. The highest BCUT2D eigenvalue weighted by Crippen LogP contribution is 2.41. The smallest absolute Gasteiger partial charge is 0.270 e. The van der Waals surface area contributed by atoms with Crippen LogP contribution in [0.4, 0.5) is 5.69 Å². The van der Waals surface area contributed by atoms with Gasteiger partial charge in [-0.2, -0.15) is 0 Å². The van der Waals surface area contributed by atoms with Gasteiger partial charge in [-0.15, -0.1) is 0 Å². The van der Waals surface area contributed by atoms with Gasteiger partial charge in [-0.1, -0.05) is 78.6 Å². The fraction of sp³-hybridized carbons (Fsp3) is 0.133. The van der Waals surface area contributed by atoms with Crippen LogP contribution in [0.25, 0.3) is 16.8 Å². The number of nitrogens with zero attached hydrogens (tertiary/aromatic N) is 1. The first kappa shape index (κ1) is 26.5. The SMILES string of the molecule is CCOc1cc(/C=C2/SC(=S)N(c3ccccc3OC)C2=O)cc(I)c1OCc1cccc2ccccc12. The van der Waals surface area contributed by atoms with Gasteiger partial charge in [-0.25, -0.2) is 0 Å². The van der Waals surface area contributed by atoms with E-state index in [0.29, 0.717) is 45.4 Å². The lowest BCUT2D eigenvalue weighted by atomic mass is 10.1. The van der Waals surface area contributed by atoms with Crippen molar-refractivity contribution >= 4 is 79.3 Å². The van der Waals surface area contributed by atoms with Gasteiger partial charge < -0.3 is 14.2 Å². The van der Waals surface area contributed by atoms with Crippen LogP contribution in [0.3, 0.4) is 0 Å². The second-order valence-corrected chi connectivity index (χ2v) is 11.2. The molecule has 0 saturated carbocycles. The van der Waals surface area contributed by atoms with Gasteiger partial charge >= 0.3 is 0 Å². The summed E-state index contributed by atoms with van der Waals surface area (Å²) in [5.74, 6) is 1.71. The molecule has 0 bridgehead atoms. The third kappa shape index (κ3) is 5.39. The Morgan fingerprint density at radius 2 is 1.74 bits per heavy atom. The van der Waals surface area contributed by atoms with Gasteiger partial charge in [-0.3, -0.25) is 9.69 Å². The summed E-state index contributed by atoms with van der Waals surface area (Å²) in [7, 11) is 1.58. The van der Waals surface area contributed by atoms with Crippen LogP contribution in [0.1, 0.15) is 18.1 Å². The minimum absolute atomic E-state index is 0.186. The van der Waals surface area contributed by atoms with Gasteiger partial charge in [0, 0.05) is 0 Å². The molecule has 5 rings (SSSR count). The Balaban J connectivity index is 1.43. The molecular weight excluding hydrogens is 629 g/mol. The number of thioether (sulfide) groups is 1. The number of carbonyl (C=O) groups is 1. The number of halogens is 1. The molecule has 1 aliphatic rings. The number of hydrogen-bond acceptors (Lipinski definition) is 6. The molecule has 1 fully saturated rings. The fourth-order valence-corrected chi connectivity index (χ4v) is 6.35. The maximum absolute atomic E-state index is 13.4. The maximum Gasteiger partial charge on any atom is 0.270 e. The summed E-state index contributed by atoms with van der Waals surface area (Å²) in [5, 5.41) is 2.34. The first-order valence-electron chi connectivity index (χ1n) is 12.0. The maximum atomic E-state index is 13.4. The summed E-state index contributed by atoms with van der Waals surface area (Å²) < 4.78 is 19.1. The summed E-state index contributed by atoms with van der Waals surface area (Å²) in [5.41, 5.74) is 2.56. The van der Waals surface area contributed by atoms with Gasteiger partial charge in [0.15, 0.2) is 15.8 Å². The lowest BCUT2D eigenvalue weighted by molar-refractivity contribution is -0.113. The number of hydrogen-bond donors (Lipinski definition) is 0. The van der Waals surface area contributed by atoms with Gasteiger partial charge in [-0.05, 0) is 81.8 Å². The Hall–Kier alpha value is -3.08. The molecule has 1 aliphatic heterocycles. The Morgan fingerprint density at radius 1 is 0.974 bits per heavy atom.